The molecule has 0 amide bonds. The van der Waals surface area contributed by atoms with Crippen LogP contribution in [0.2, 0.25) is 0 Å². The lowest BCUT2D eigenvalue weighted by atomic mass is 9.92. The van der Waals surface area contributed by atoms with Crippen LogP contribution >= 0.6 is 15.9 Å². The second kappa shape index (κ2) is 6.53. The van der Waals surface area contributed by atoms with Crippen LogP contribution in [0.25, 0.3) is 0 Å². The number of aromatic nitrogens is 1. The van der Waals surface area contributed by atoms with Gasteiger partial charge in [-0.25, -0.2) is 0 Å². The van der Waals surface area contributed by atoms with E-state index in [9.17, 15) is 4.79 Å². The Labute approximate surface area is 118 Å². The van der Waals surface area contributed by atoms with Gasteiger partial charge in [0.2, 0.25) is 0 Å². The molecule has 1 N–H and O–H groups in total. The molecule has 4 heteroatoms. The molecule has 0 aliphatic rings. The molecule has 1 aromatic heterocycles. The fourth-order valence-corrected chi connectivity index (χ4v) is 2.28. The Bertz CT molecular complexity index is 446. The van der Waals surface area contributed by atoms with Crippen molar-refractivity contribution in [1.29, 1.82) is 0 Å². The van der Waals surface area contributed by atoms with Crippen molar-refractivity contribution in [3.63, 3.8) is 0 Å². The van der Waals surface area contributed by atoms with E-state index < -0.39 is 0 Å². The van der Waals surface area contributed by atoms with Crippen LogP contribution in [0.3, 0.4) is 0 Å². The third-order valence-corrected chi connectivity index (χ3v) is 3.25. The van der Waals surface area contributed by atoms with Gasteiger partial charge in [0.15, 0.2) is 0 Å². The monoisotopic (exact) mass is 314 g/mol. The first kappa shape index (κ1) is 15.4. The van der Waals surface area contributed by atoms with E-state index >= 15 is 0 Å². The predicted molar refractivity (Wildman–Crippen MR) is 80.1 cm³/mol. The summed E-state index contributed by atoms with van der Waals surface area (Å²) >= 11 is 3.42. The Morgan fingerprint density at radius 3 is 2.61 bits per heavy atom. The van der Waals surface area contributed by atoms with Crippen molar-refractivity contribution in [2.75, 3.05) is 13.1 Å². The van der Waals surface area contributed by atoms with E-state index in [0.717, 1.165) is 29.5 Å². The summed E-state index contributed by atoms with van der Waals surface area (Å²) < 4.78 is 2.71. The smallest absolute Gasteiger partial charge is 0.253 e. The van der Waals surface area contributed by atoms with Gasteiger partial charge in [-0.15, -0.1) is 0 Å². The van der Waals surface area contributed by atoms with Crippen molar-refractivity contribution in [3.05, 3.63) is 32.7 Å². The van der Waals surface area contributed by atoms with Crippen LogP contribution in [0.5, 0.6) is 0 Å². The zero-order valence-electron chi connectivity index (χ0n) is 11.7. The molecule has 0 fully saturated rings. The Morgan fingerprint density at radius 2 is 2.00 bits per heavy atom. The van der Waals surface area contributed by atoms with Gasteiger partial charge in [-0.05, 0) is 47.3 Å². The largest absolute Gasteiger partial charge is 0.315 e. The van der Waals surface area contributed by atoms with Crippen molar-refractivity contribution in [2.45, 2.75) is 40.7 Å². The van der Waals surface area contributed by atoms with Crippen LogP contribution in [-0.2, 0) is 6.54 Å². The zero-order chi connectivity index (χ0) is 13.8. The maximum atomic E-state index is 11.9. The third-order valence-electron chi connectivity index (χ3n) is 2.81. The van der Waals surface area contributed by atoms with E-state index in [1.54, 1.807) is 4.57 Å². The fraction of sp³-hybridized carbons (Fsp3) is 0.643. The molecule has 1 rings (SSSR count). The van der Waals surface area contributed by atoms with Crippen LogP contribution in [0, 0.1) is 12.3 Å². The van der Waals surface area contributed by atoms with Crippen molar-refractivity contribution in [3.8, 4) is 0 Å². The molecule has 102 valence electrons. The first-order valence-corrected chi connectivity index (χ1v) is 7.16. The Morgan fingerprint density at radius 1 is 1.33 bits per heavy atom. The van der Waals surface area contributed by atoms with Crippen LogP contribution in [0.15, 0.2) is 21.5 Å². The van der Waals surface area contributed by atoms with Crippen LogP contribution in [0.1, 0.15) is 32.8 Å². The maximum absolute atomic E-state index is 11.9. The highest BCUT2D eigenvalue weighted by Crippen LogP contribution is 2.16. The number of nitrogens with zero attached hydrogens (tertiary/aromatic N) is 1. The number of nitrogens with one attached hydrogen (secondary N) is 1. The van der Waals surface area contributed by atoms with Crippen molar-refractivity contribution >= 4 is 15.9 Å². The molecule has 0 atom stereocenters. The van der Waals surface area contributed by atoms with E-state index in [4.69, 9.17) is 0 Å². The highest BCUT2D eigenvalue weighted by atomic mass is 79.9. The molecule has 0 saturated carbocycles. The number of halogens is 1. The molecule has 0 aromatic carbocycles. The van der Waals surface area contributed by atoms with Gasteiger partial charge in [-0.1, -0.05) is 20.8 Å². The number of rotatable bonds is 5. The highest BCUT2D eigenvalue weighted by molar-refractivity contribution is 9.10. The van der Waals surface area contributed by atoms with Crippen molar-refractivity contribution < 1.29 is 0 Å². The number of aryl methyl sites for hydroxylation is 1. The minimum absolute atomic E-state index is 0.0934. The van der Waals surface area contributed by atoms with Crippen LogP contribution in [0.4, 0.5) is 0 Å². The zero-order valence-corrected chi connectivity index (χ0v) is 13.3. The first-order valence-electron chi connectivity index (χ1n) is 6.37. The second-order valence-electron chi connectivity index (χ2n) is 5.90. The standard InChI is InChI=1S/C14H23BrN2O/c1-11-9-12(15)10-17(13(11)18)8-7-16-6-5-14(2,3)4/h9-10,16H,5-8H2,1-4H3. The van der Waals surface area contributed by atoms with Gasteiger partial charge >= 0.3 is 0 Å². The van der Waals surface area contributed by atoms with E-state index in [0.29, 0.717) is 12.0 Å². The third kappa shape index (κ3) is 5.36. The average Bonchev–Trinajstić information content (AvgIpc) is 2.22. The molecule has 0 radical (unpaired) electrons. The SMILES string of the molecule is Cc1cc(Br)cn(CCNCCC(C)(C)C)c1=O. The van der Waals surface area contributed by atoms with Gasteiger partial charge < -0.3 is 9.88 Å². The van der Waals surface area contributed by atoms with Crippen LogP contribution in [-0.4, -0.2) is 17.7 Å². The lowest BCUT2D eigenvalue weighted by Crippen LogP contribution is -2.29. The minimum Gasteiger partial charge on any atom is -0.315 e. The van der Waals surface area contributed by atoms with E-state index in [1.807, 2.05) is 19.2 Å². The molecular weight excluding hydrogens is 292 g/mol. The van der Waals surface area contributed by atoms with Crippen LogP contribution < -0.4 is 10.9 Å². The molecule has 3 nitrogen and oxygen atoms in total. The molecule has 0 aliphatic heterocycles. The summed E-state index contributed by atoms with van der Waals surface area (Å²) in [6.45, 7) is 11.1. The topological polar surface area (TPSA) is 34.0 Å². The maximum Gasteiger partial charge on any atom is 0.253 e. The number of hydrogen-bond donors (Lipinski definition) is 1. The van der Waals surface area contributed by atoms with Gasteiger partial charge in [0.1, 0.15) is 0 Å². The molecule has 1 aromatic rings. The minimum atomic E-state index is 0.0934. The molecular formula is C14H23BrN2O. The molecule has 0 spiro atoms. The average molecular weight is 315 g/mol. The lowest BCUT2D eigenvalue weighted by molar-refractivity contribution is 0.365. The Balaban J connectivity index is 2.43. The molecule has 0 saturated heterocycles. The molecule has 1 heterocycles. The molecule has 0 aliphatic carbocycles. The molecule has 18 heavy (non-hydrogen) atoms. The Kier molecular flexibility index (Phi) is 5.60. The number of hydrogen-bond acceptors (Lipinski definition) is 2. The van der Waals surface area contributed by atoms with E-state index in [2.05, 4.69) is 42.0 Å². The van der Waals surface area contributed by atoms with Crippen molar-refractivity contribution in [1.82, 2.24) is 9.88 Å². The van der Waals surface area contributed by atoms with Gasteiger partial charge in [0, 0.05) is 29.3 Å². The summed E-state index contributed by atoms with van der Waals surface area (Å²) in [5.74, 6) is 0. The van der Waals surface area contributed by atoms with E-state index in [-0.39, 0.29) is 5.56 Å². The summed E-state index contributed by atoms with van der Waals surface area (Å²) in [5.41, 5.74) is 1.23. The van der Waals surface area contributed by atoms with Gasteiger partial charge in [0.05, 0.1) is 0 Å². The summed E-state index contributed by atoms with van der Waals surface area (Å²) in [5, 5.41) is 3.38. The van der Waals surface area contributed by atoms with Gasteiger partial charge in [0.25, 0.3) is 5.56 Å². The fourth-order valence-electron chi connectivity index (χ4n) is 1.69. The normalized spacial score (nSPS) is 11.8. The van der Waals surface area contributed by atoms with Gasteiger partial charge in [-0.2, -0.15) is 0 Å². The number of pyridine rings is 1. The summed E-state index contributed by atoms with van der Waals surface area (Å²) in [7, 11) is 0. The van der Waals surface area contributed by atoms with E-state index in [1.165, 1.54) is 0 Å². The summed E-state index contributed by atoms with van der Waals surface area (Å²) in [6, 6.07) is 1.85. The highest BCUT2D eigenvalue weighted by Gasteiger charge is 2.08. The second-order valence-corrected chi connectivity index (χ2v) is 6.82. The van der Waals surface area contributed by atoms with Gasteiger partial charge in [-0.3, -0.25) is 4.79 Å². The first-order chi connectivity index (χ1) is 8.29. The lowest BCUT2D eigenvalue weighted by Gasteiger charge is -2.18. The predicted octanol–water partition coefficient (Wildman–Crippen LogP) is 2.95. The Hall–Kier alpha value is -0.610. The quantitative estimate of drug-likeness (QED) is 0.848. The summed E-state index contributed by atoms with van der Waals surface area (Å²) in [4.78, 5) is 11.9. The molecule has 0 unspecified atom stereocenters. The summed E-state index contributed by atoms with van der Waals surface area (Å²) in [6.07, 6.45) is 2.99. The van der Waals surface area contributed by atoms with Crippen molar-refractivity contribution in [2.24, 2.45) is 5.41 Å². The molecule has 0 bridgehead atoms.